The van der Waals surface area contributed by atoms with E-state index in [0.717, 1.165) is 24.2 Å². The van der Waals surface area contributed by atoms with Crippen LogP contribution in [0.4, 0.5) is 5.13 Å². The van der Waals surface area contributed by atoms with Crippen LogP contribution in [0.25, 0.3) is 0 Å². The number of aromatic nitrogens is 2. The van der Waals surface area contributed by atoms with Crippen LogP contribution in [0, 0.1) is 0 Å². The lowest BCUT2D eigenvalue weighted by molar-refractivity contribution is -0.114. The SMILES string of the molecule is CC(=O)Nc1nnc(S(=O)(=O)N2CCCC(Cl)C2)s1. The minimum atomic E-state index is -3.67. The number of piperidine rings is 1. The Bertz CT molecular complexity index is 574. The number of hydrogen-bond acceptors (Lipinski definition) is 6. The summed E-state index contributed by atoms with van der Waals surface area (Å²) in [4.78, 5) is 10.9. The Hall–Kier alpha value is -0.770. The fourth-order valence-corrected chi connectivity index (χ4v) is 4.75. The van der Waals surface area contributed by atoms with Crippen LogP contribution in [-0.2, 0) is 14.8 Å². The summed E-state index contributed by atoms with van der Waals surface area (Å²) < 4.78 is 25.8. The monoisotopic (exact) mass is 324 g/mol. The molecule has 1 aliphatic rings. The summed E-state index contributed by atoms with van der Waals surface area (Å²) >= 11 is 6.82. The van der Waals surface area contributed by atoms with Gasteiger partial charge in [0.25, 0.3) is 10.0 Å². The number of nitrogens with zero attached hydrogens (tertiary/aromatic N) is 3. The molecule has 2 heterocycles. The molecule has 0 saturated carbocycles. The van der Waals surface area contributed by atoms with Crippen LogP contribution in [0.15, 0.2) is 4.34 Å². The standard InChI is InChI=1S/C9H13ClN4O3S2/c1-6(15)11-8-12-13-9(18-8)19(16,17)14-4-2-3-7(10)5-14/h7H,2-5H2,1H3,(H,11,12,15). The average molecular weight is 325 g/mol. The molecule has 1 unspecified atom stereocenters. The number of amides is 1. The number of hydrogen-bond donors (Lipinski definition) is 1. The summed E-state index contributed by atoms with van der Waals surface area (Å²) in [6.07, 6.45) is 1.53. The molecule has 0 aliphatic carbocycles. The van der Waals surface area contributed by atoms with E-state index < -0.39 is 10.0 Å². The van der Waals surface area contributed by atoms with Crippen LogP contribution in [0.5, 0.6) is 0 Å². The van der Waals surface area contributed by atoms with Crippen molar-refractivity contribution < 1.29 is 13.2 Å². The molecule has 1 aliphatic heterocycles. The van der Waals surface area contributed by atoms with Crippen molar-refractivity contribution in [2.45, 2.75) is 29.5 Å². The van der Waals surface area contributed by atoms with E-state index in [1.165, 1.54) is 11.2 Å². The predicted octanol–water partition coefficient (Wildman–Crippen LogP) is 0.888. The van der Waals surface area contributed by atoms with Gasteiger partial charge in [-0.05, 0) is 12.8 Å². The van der Waals surface area contributed by atoms with Crippen molar-refractivity contribution in [2.24, 2.45) is 0 Å². The third-order valence-corrected chi connectivity index (χ3v) is 5.98. The van der Waals surface area contributed by atoms with Gasteiger partial charge in [0.2, 0.25) is 15.4 Å². The molecule has 1 saturated heterocycles. The predicted molar refractivity (Wildman–Crippen MR) is 71.8 cm³/mol. The van der Waals surface area contributed by atoms with Crippen LogP contribution in [-0.4, -0.2) is 47.3 Å². The Kier molecular flexibility index (Phi) is 4.39. The van der Waals surface area contributed by atoms with E-state index >= 15 is 0 Å². The molecule has 1 N–H and O–H groups in total. The molecule has 0 bridgehead atoms. The quantitative estimate of drug-likeness (QED) is 0.658. The maximum atomic E-state index is 12.3. The molecule has 19 heavy (non-hydrogen) atoms. The summed E-state index contributed by atoms with van der Waals surface area (Å²) in [6.45, 7) is 2.03. The molecule has 106 valence electrons. The molecule has 1 aromatic rings. The summed E-state index contributed by atoms with van der Waals surface area (Å²) in [5.41, 5.74) is 0. The van der Waals surface area contributed by atoms with Gasteiger partial charge in [-0.3, -0.25) is 4.79 Å². The second kappa shape index (κ2) is 5.70. The van der Waals surface area contributed by atoms with E-state index in [1.807, 2.05) is 0 Å². The number of nitrogens with one attached hydrogen (secondary N) is 1. The van der Waals surface area contributed by atoms with Gasteiger partial charge >= 0.3 is 0 Å². The van der Waals surface area contributed by atoms with Gasteiger partial charge in [0.1, 0.15) is 0 Å². The Morgan fingerprint density at radius 1 is 1.53 bits per heavy atom. The first kappa shape index (κ1) is 14.6. The van der Waals surface area contributed by atoms with Gasteiger partial charge in [-0.1, -0.05) is 11.3 Å². The second-order valence-corrected chi connectivity index (χ2v) is 7.86. The Morgan fingerprint density at radius 2 is 2.26 bits per heavy atom. The zero-order chi connectivity index (χ0) is 14.0. The second-order valence-electron chi connectivity index (χ2n) is 4.16. The molecule has 1 aromatic heterocycles. The molecule has 0 radical (unpaired) electrons. The molecule has 0 aromatic carbocycles. The van der Waals surface area contributed by atoms with Crippen molar-refractivity contribution in [3.8, 4) is 0 Å². The van der Waals surface area contributed by atoms with Crippen molar-refractivity contribution >= 4 is 44.0 Å². The molecular formula is C9H13ClN4O3S2. The van der Waals surface area contributed by atoms with Gasteiger partial charge in [0, 0.05) is 25.4 Å². The van der Waals surface area contributed by atoms with Gasteiger partial charge in [-0.2, -0.15) is 4.31 Å². The van der Waals surface area contributed by atoms with Crippen LogP contribution in [0.2, 0.25) is 0 Å². The van der Waals surface area contributed by atoms with Crippen molar-refractivity contribution in [3.05, 3.63) is 0 Å². The van der Waals surface area contributed by atoms with Gasteiger partial charge in [0.15, 0.2) is 0 Å². The van der Waals surface area contributed by atoms with Gasteiger partial charge in [-0.15, -0.1) is 21.8 Å². The van der Waals surface area contributed by atoms with Crippen LogP contribution < -0.4 is 5.32 Å². The zero-order valence-electron chi connectivity index (χ0n) is 10.2. The van der Waals surface area contributed by atoms with E-state index in [4.69, 9.17) is 11.6 Å². The lowest BCUT2D eigenvalue weighted by Crippen LogP contribution is -2.40. The highest BCUT2D eigenvalue weighted by Crippen LogP contribution is 2.26. The fourth-order valence-electron chi connectivity index (χ4n) is 1.74. The normalized spacial score (nSPS) is 21.3. The van der Waals surface area contributed by atoms with Crippen molar-refractivity contribution in [3.63, 3.8) is 0 Å². The summed E-state index contributed by atoms with van der Waals surface area (Å²) in [5.74, 6) is -0.320. The number of carbonyl (C=O) groups is 1. The highest BCUT2D eigenvalue weighted by atomic mass is 35.5. The minimum absolute atomic E-state index is 0.123. The topological polar surface area (TPSA) is 92.3 Å². The van der Waals surface area contributed by atoms with Crippen molar-refractivity contribution in [1.29, 1.82) is 0 Å². The highest BCUT2D eigenvalue weighted by molar-refractivity contribution is 7.91. The zero-order valence-corrected chi connectivity index (χ0v) is 12.6. The Balaban J connectivity index is 2.19. The van der Waals surface area contributed by atoms with E-state index in [2.05, 4.69) is 15.5 Å². The van der Waals surface area contributed by atoms with Crippen LogP contribution >= 0.6 is 22.9 Å². The highest BCUT2D eigenvalue weighted by Gasteiger charge is 2.32. The number of halogens is 1. The first-order chi connectivity index (χ1) is 8.89. The molecule has 7 nitrogen and oxygen atoms in total. The average Bonchev–Trinajstić information content (AvgIpc) is 2.77. The number of carbonyl (C=O) groups excluding carboxylic acids is 1. The Morgan fingerprint density at radius 3 is 2.89 bits per heavy atom. The molecule has 1 atom stereocenters. The number of anilines is 1. The summed E-state index contributed by atoms with van der Waals surface area (Å²) in [5, 5.41) is 9.66. The molecule has 1 amide bonds. The van der Waals surface area contributed by atoms with Crippen molar-refractivity contribution in [2.75, 3.05) is 18.4 Å². The number of sulfonamides is 1. The summed E-state index contributed by atoms with van der Waals surface area (Å²) in [7, 11) is -3.67. The summed E-state index contributed by atoms with van der Waals surface area (Å²) in [6, 6.07) is 0. The lowest BCUT2D eigenvalue weighted by atomic mass is 10.2. The van der Waals surface area contributed by atoms with Crippen LogP contribution in [0.3, 0.4) is 0 Å². The van der Waals surface area contributed by atoms with Gasteiger partial charge in [-0.25, -0.2) is 8.42 Å². The fraction of sp³-hybridized carbons (Fsp3) is 0.667. The Labute approximate surface area is 120 Å². The van der Waals surface area contributed by atoms with E-state index in [0.29, 0.717) is 6.54 Å². The lowest BCUT2D eigenvalue weighted by Gasteiger charge is -2.27. The largest absolute Gasteiger partial charge is 0.301 e. The smallest absolute Gasteiger partial charge is 0.272 e. The van der Waals surface area contributed by atoms with E-state index in [1.54, 1.807) is 0 Å². The third-order valence-electron chi connectivity index (χ3n) is 2.58. The molecule has 10 heteroatoms. The molecule has 2 rings (SSSR count). The first-order valence-corrected chi connectivity index (χ1v) is 8.34. The maximum absolute atomic E-state index is 12.3. The van der Waals surface area contributed by atoms with E-state index in [9.17, 15) is 13.2 Å². The third kappa shape index (κ3) is 3.41. The van der Waals surface area contributed by atoms with Gasteiger partial charge < -0.3 is 5.32 Å². The molecule has 1 fully saturated rings. The molecular weight excluding hydrogens is 312 g/mol. The van der Waals surface area contributed by atoms with Gasteiger partial charge in [0.05, 0.1) is 0 Å². The minimum Gasteiger partial charge on any atom is -0.301 e. The van der Waals surface area contributed by atoms with Crippen LogP contribution in [0.1, 0.15) is 19.8 Å². The van der Waals surface area contributed by atoms with Crippen molar-refractivity contribution in [1.82, 2.24) is 14.5 Å². The molecule has 0 spiro atoms. The van der Waals surface area contributed by atoms with E-state index in [-0.39, 0.29) is 27.3 Å². The number of alkyl halides is 1. The number of rotatable bonds is 3. The first-order valence-electron chi connectivity index (χ1n) is 5.65. The maximum Gasteiger partial charge on any atom is 0.272 e.